The van der Waals surface area contributed by atoms with Crippen LogP contribution >= 0.6 is 0 Å². The van der Waals surface area contributed by atoms with Gasteiger partial charge in [-0.2, -0.15) is 0 Å². The maximum atomic E-state index is 2.49. The molecule has 0 aromatic heterocycles. The summed E-state index contributed by atoms with van der Waals surface area (Å²) in [6.07, 6.45) is 8.55. The summed E-state index contributed by atoms with van der Waals surface area (Å²) in [4.78, 5) is 19.4. The molecule has 5 rings (SSSR count). The first kappa shape index (κ1) is 41.7. The molecule has 5 saturated heterocycles. The van der Waals surface area contributed by atoms with Crippen molar-refractivity contribution in [2.24, 2.45) is 0 Å². The van der Waals surface area contributed by atoms with Crippen LogP contribution in [-0.2, 0) is 0 Å². The lowest BCUT2D eigenvalue weighted by Crippen LogP contribution is -2.44. The molecule has 42 heavy (non-hydrogen) atoms. The standard InChI is InChI=1S/3C7H16N2.2C6H13N.CH4/c3*1-3-9-6-4-8(2)5-7-9;2*1-7-5-3-2-4-6-7;/h3*3-7H2,1-2H3;2*2-6H2,1H3;1H4. The molecular weight excluding hydrogens is 520 g/mol. The van der Waals surface area contributed by atoms with Crippen molar-refractivity contribution in [3.8, 4) is 0 Å². The molecule has 0 N–H and O–H groups in total. The fourth-order valence-electron chi connectivity index (χ4n) is 5.60. The van der Waals surface area contributed by atoms with Crippen LogP contribution in [0.4, 0.5) is 0 Å². The molecule has 8 heteroatoms. The lowest BCUT2D eigenvalue weighted by molar-refractivity contribution is 0.160. The normalized spacial score (nSPS) is 24.3. The van der Waals surface area contributed by atoms with Gasteiger partial charge in [0, 0.05) is 78.5 Å². The summed E-state index contributed by atoms with van der Waals surface area (Å²) in [6.45, 7) is 30.6. The van der Waals surface area contributed by atoms with E-state index in [1.165, 1.54) is 163 Å². The number of hydrogen-bond donors (Lipinski definition) is 0. The number of nitrogens with zero attached hydrogens (tertiary/aromatic N) is 8. The van der Waals surface area contributed by atoms with Crippen molar-refractivity contribution in [1.82, 2.24) is 39.2 Å². The molecule has 0 atom stereocenters. The van der Waals surface area contributed by atoms with Crippen LogP contribution < -0.4 is 0 Å². The molecule has 5 aliphatic heterocycles. The molecule has 0 saturated carbocycles. The molecule has 0 unspecified atom stereocenters. The molecule has 0 aromatic carbocycles. The fourth-order valence-corrected chi connectivity index (χ4v) is 5.60. The van der Waals surface area contributed by atoms with Crippen molar-refractivity contribution in [2.75, 3.05) is 160 Å². The van der Waals surface area contributed by atoms with Crippen molar-refractivity contribution in [3.05, 3.63) is 0 Å². The summed E-state index contributed by atoms with van der Waals surface area (Å²) in [5.74, 6) is 0. The van der Waals surface area contributed by atoms with Crippen LogP contribution in [0.15, 0.2) is 0 Å². The van der Waals surface area contributed by atoms with Gasteiger partial charge in [-0.05, 0) is 107 Å². The molecular formula is C34H78N8. The maximum Gasteiger partial charge on any atom is 0.0110 e. The zero-order chi connectivity index (χ0) is 30.3. The van der Waals surface area contributed by atoms with Gasteiger partial charge in [-0.1, -0.05) is 41.0 Å². The highest BCUT2D eigenvalue weighted by Gasteiger charge is 2.12. The van der Waals surface area contributed by atoms with Crippen LogP contribution in [0.1, 0.15) is 66.7 Å². The second-order valence-electron chi connectivity index (χ2n) is 12.9. The van der Waals surface area contributed by atoms with Crippen LogP contribution in [0.5, 0.6) is 0 Å². The Morgan fingerprint density at radius 1 is 0.286 bits per heavy atom. The second-order valence-corrected chi connectivity index (χ2v) is 12.9. The van der Waals surface area contributed by atoms with Gasteiger partial charge >= 0.3 is 0 Å². The number of likely N-dealkylation sites (tertiary alicyclic amines) is 2. The highest BCUT2D eigenvalue weighted by molar-refractivity contribution is 4.68. The van der Waals surface area contributed by atoms with Gasteiger partial charge in [0.1, 0.15) is 0 Å². The van der Waals surface area contributed by atoms with Gasteiger partial charge in [0.15, 0.2) is 0 Å². The molecule has 5 aliphatic rings. The van der Waals surface area contributed by atoms with Crippen LogP contribution in [0.2, 0.25) is 0 Å². The second kappa shape index (κ2) is 27.0. The van der Waals surface area contributed by atoms with Crippen molar-refractivity contribution in [2.45, 2.75) is 66.7 Å². The smallest absolute Gasteiger partial charge is 0.0110 e. The molecule has 5 heterocycles. The minimum Gasteiger partial charge on any atom is -0.306 e. The van der Waals surface area contributed by atoms with Gasteiger partial charge in [0.25, 0.3) is 0 Å². The predicted molar refractivity (Wildman–Crippen MR) is 188 cm³/mol. The van der Waals surface area contributed by atoms with Crippen LogP contribution in [0, 0.1) is 0 Å². The third-order valence-corrected chi connectivity index (χ3v) is 9.29. The Morgan fingerprint density at radius 3 is 0.619 bits per heavy atom. The van der Waals surface area contributed by atoms with E-state index in [9.17, 15) is 0 Å². The van der Waals surface area contributed by atoms with E-state index >= 15 is 0 Å². The third kappa shape index (κ3) is 22.2. The van der Waals surface area contributed by atoms with E-state index in [0.717, 1.165) is 0 Å². The van der Waals surface area contributed by atoms with Crippen molar-refractivity contribution in [1.29, 1.82) is 0 Å². The predicted octanol–water partition coefficient (Wildman–Crippen LogP) is 3.60. The maximum absolute atomic E-state index is 2.49. The molecule has 0 spiro atoms. The minimum atomic E-state index is 0. The SMILES string of the molecule is C.CCN1CCN(C)CC1.CCN1CCN(C)CC1.CCN1CCN(C)CC1.CN1CCCCC1.CN1CCCCC1. The summed E-state index contributed by atoms with van der Waals surface area (Å²) < 4.78 is 0. The zero-order valence-electron chi connectivity index (χ0n) is 29.3. The molecule has 0 bridgehead atoms. The Kier molecular flexibility index (Phi) is 26.8. The third-order valence-electron chi connectivity index (χ3n) is 9.29. The van der Waals surface area contributed by atoms with E-state index in [1.54, 1.807) is 0 Å². The number of piperazine rings is 3. The highest BCUT2D eigenvalue weighted by Crippen LogP contribution is 2.05. The average Bonchev–Trinajstić information content (AvgIpc) is 3.00. The summed E-state index contributed by atoms with van der Waals surface area (Å²) >= 11 is 0. The molecule has 0 amide bonds. The number of hydrogen-bond acceptors (Lipinski definition) is 8. The Labute approximate surface area is 265 Å². The lowest BCUT2D eigenvalue weighted by atomic mass is 10.1. The van der Waals surface area contributed by atoms with Crippen molar-refractivity contribution >= 4 is 0 Å². The topological polar surface area (TPSA) is 25.9 Å². The van der Waals surface area contributed by atoms with Gasteiger partial charge in [-0.15, -0.1) is 0 Å². The van der Waals surface area contributed by atoms with Crippen LogP contribution in [0.3, 0.4) is 0 Å². The average molecular weight is 599 g/mol. The Morgan fingerprint density at radius 2 is 0.476 bits per heavy atom. The van der Waals surface area contributed by atoms with E-state index in [4.69, 9.17) is 0 Å². The van der Waals surface area contributed by atoms with Crippen LogP contribution in [0.25, 0.3) is 0 Å². The van der Waals surface area contributed by atoms with E-state index < -0.39 is 0 Å². The molecule has 0 aromatic rings. The first-order chi connectivity index (χ1) is 19.8. The van der Waals surface area contributed by atoms with Crippen LogP contribution in [-0.4, -0.2) is 199 Å². The lowest BCUT2D eigenvalue weighted by Gasteiger charge is -2.31. The highest BCUT2D eigenvalue weighted by atomic mass is 15.3. The molecule has 0 aliphatic carbocycles. The monoisotopic (exact) mass is 599 g/mol. The quantitative estimate of drug-likeness (QED) is 0.487. The van der Waals surface area contributed by atoms with Gasteiger partial charge in [-0.3, -0.25) is 0 Å². The van der Waals surface area contributed by atoms with Gasteiger partial charge < -0.3 is 39.2 Å². The Hall–Kier alpha value is -0.320. The summed E-state index contributed by atoms with van der Waals surface area (Å²) in [7, 11) is 10.9. The summed E-state index contributed by atoms with van der Waals surface area (Å²) in [5, 5.41) is 0. The molecule has 8 nitrogen and oxygen atoms in total. The summed E-state index contributed by atoms with van der Waals surface area (Å²) in [6, 6.07) is 0. The largest absolute Gasteiger partial charge is 0.306 e. The van der Waals surface area contributed by atoms with E-state index in [-0.39, 0.29) is 7.43 Å². The van der Waals surface area contributed by atoms with Gasteiger partial charge in [0.05, 0.1) is 0 Å². The van der Waals surface area contributed by atoms with Crippen molar-refractivity contribution in [3.63, 3.8) is 0 Å². The number of piperidine rings is 2. The minimum absolute atomic E-state index is 0. The summed E-state index contributed by atoms with van der Waals surface area (Å²) in [5.41, 5.74) is 0. The van der Waals surface area contributed by atoms with E-state index in [2.05, 4.69) is 95.2 Å². The number of likely N-dealkylation sites (N-methyl/N-ethyl adjacent to an activating group) is 6. The molecule has 254 valence electrons. The van der Waals surface area contributed by atoms with E-state index in [1.807, 2.05) is 0 Å². The van der Waals surface area contributed by atoms with Crippen molar-refractivity contribution < 1.29 is 0 Å². The van der Waals surface area contributed by atoms with Gasteiger partial charge in [-0.25, -0.2) is 0 Å². The Bertz CT molecular complexity index is 475. The number of rotatable bonds is 3. The van der Waals surface area contributed by atoms with E-state index in [0.29, 0.717) is 0 Å². The first-order valence-electron chi connectivity index (χ1n) is 17.4. The van der Waals surface area contributed by atoms with Gasteiger partial charge in [0.2, 0.25) is 0 Å². The first-order valence-corrected chi connectivity index (χ1v) is 17.4. The Balaban J connectivity index is 0.000000499. The fraction of sp³-hybridized carbons (Fsp3) is 1.00. The zero-order valence-corrected chi connectivity index (χ0v) is 29.3. The molecule has 0 radical (unpaired) electrons. The molecule has 5 fully saturated rings.